The van der Waals surface area contributed by atoms with Gasteiger partial charge in [-0.1, -0.05) is 32.9 Å². The molecule has 8 heteroatoms. The fourth-order valence-electron chi connectivity index (χ4n) is 3.40. The van der Waals surface area contributed by atoms with Crippen molar-refractivity contribution in [3.63, 3.8) is 0 Å². The number of aryl methyl sites for hydroxylation is 1. The Morgan fingerprint density at radius 3 is 2.39 bits per heavy atom. The van der Waals surface area contributed by atoms with Gasteiger partial charge in [0.2, 0.25) is 0 Å². The number of rotatable bonds is 12. The van der Waals surface area contributed by atoms with Gasteiger partial charge >= 0.3 is 5.97 Å². The molecule has 3 rings (SSSR count). The van der Waals surface area contributed by atoms with Crippen molar-refractivity contribution in [2.75, 3.05) is 20.3 Å². The summed E-state index contributed by atoms with van der Waals surface area (Å²) in [6.45, 7) is 8.61. The number of carbonyl (C=O) groups excluding carboxylic acids is 2. The molecule has 0 aromatic heterocycles. The summed E-state index contributed by atoms with van der Waals surface area (Å²) in [7, 11) is 1.48. The molecule has 0 aliphatic carbocycles. The maximum Gasteiger partial charge on any atom is 0.343 e. The Morgan fingerprint density at radius 1 is 0.947 bits per heavy atom. The summed E-state index contributed by atoms with van der Waals surface area (Å²) >= 11 is 0. The minimum Gasteiger partial charge on any atom is -0.494 e. The third-order valence-corrected chi connectivity index (χ3v) is 5.59. The van der Waals surface area contributed by atoms with Crippen LogP contribution in [0.25, 0.3) is 0 Å². The lowest BCUT2D eigenvalue weighted by Crippen LogP contribution is -2.24. The Morgan fingerprint density at radius 2 is 1.71 bits per heavy atom. The van der Waals surface area contributed by atoms with E-state index in [0.717, 1.165) is 17.5 Å². The Kier molecular flexibility index (Phi) is 10.3. The summed E-state index contributed by atoms with van der Waals surface area (Å²) in [5, 5.41) is 3.99. The van der Waals surface area contributed by atoms with Crippen molar-refractivity contribution in [1.82, 2.24) is 5.43 Å². The second-order valence-electron chi connectivity index (χ2n) is 8.93. The Labute approximate surface area is 223 Å². The fourth-order valence-corrected chi connectivity index (χ4v) is 3.40. The molecular formula is C30H34N2O6. The number of nitrogens with zero attached hydrogens (tertiary/aromatic N) is 1. The third kappa shape index (κ3) is 8.09. The molecule has 0 fully saturated rings. The van der Waals surface area contributed by atoms with Gasteiger partial charge in [0.25, 0.3) is 5.91 Å². The zero-order valence-electron chi connectivity index (χ0n) is 22.4. The smallest absolute Gasteiger partial charge is 0.343 e. The SMILES string of the molecule is CCCOc1ccc(C(=O)Oc2ccc(/C=N\NC(=O)COc3cc(C(C)C)ccc3C)cc2OC)cc1. The first-order chi connectivity index (χ1) is 18.3. The molecule has 0 saturated carbocycles. The topological polar surface area (TPSA) is 95.5 Å². The second kappa shape index (κ2) is 13.8. The number of carbonyl (C=O) groups is 2. The van der Waals surface area contributed by atoms with E-state index in [1.165, 1.54) is 13.3 Å². The number of methoxy groups -OCH3 is 1. The average Bonchev–Trinajstić information content (AvgIpc) is 2.92. The van der Waals surface area contributed by atoms with Gasteiger partial charge in [-0.15, -0.1) is 0 Å². The van der Waals surface area contributed by atoms with E-state index < -0.39 is 5.97 Å². The quantitative estimate of drug-likeness (QED) is 0.144. The molecule has 0 aliphatic rings. The van der Waals surface area contributed by atoms with Gasteiger partial charge in [-0.25, -0.2) is 10.2 Å². The molecule has 0 aliphatic heterocycles. The molecule has 0 atom stereocenters. The minimum absolute atomic E-state index is 0.163. The average molecular weight is 519 g/mol. The Hall–Kier alpha value is -4.33. The highest BCUT2D eigenvalue weighted by molar-refractivity contribution is 5.92. The van der Waals surface area contributed by atoms with Crippen LogP contribution < -0.4 is 24.4 Å². The first kappa shape index (κ1) is 28.2. The summed E-state index contributed by atoms with van der Waals surface area (Å²) in [5.41, 5.74) is 5.57. The van der Waals surface area contributed by atoms with Crippen molar-refractivity contribution in [1.29, 1.82) is 0 Å². The summed E-state index contributed by atoms with van der Waals surface area (Å²) < 4.78 is 22.1. The molecule has 1 amide bonds. The third-order valence-electron chi connectivity index (χ3n) is 5.59. The first-order valence-corrected chi connectivity index (χ1v) is 12.5. The van der Waals surface area contributed by atoms with Crippen LogP contribution in [0.1, 0.15) is 60.2 Å². The molecule has 0 heterocycles. The molecule has 1 N–H and O–H groups in total. The van der Waals surface area contributed by atoms with Crippen LogP contribution in [0.15, 0.2) is 65.8 Å². The predicted molar refractivity (Wildman–Crippen MR) is 147 cm³/mol. The predicted octanol–water partition coefficient (Wildman–Crippen LogP) is 5.66. The number of amides is 1. The van der Waals surface area contributed by atoms with E-state index in [4.69, 9.17) is 18.9 Å². The van der Waals surface area contributed by atoms with Gasteiger partial charge in [-0.3, -0.25) is 4.79 Å². The molecule has 0 radical (unpaired) electrons. The van der Waals surface area contributed by atoms with Crippen LogP contribution in [0.5, 0.6) is 23.0 Å². The van der Waals surface area contributed by atoms with E-state index in [1.54, 1.807) is 42.5 Å². The molecule has 8 nitrogen and oxygen atoms in total. The number of hydrogen-bond donors (Lipinski definition) is 1. The zero-order chi connectivity index (χ0) is 27.5. The van der Waals surface area contributed by atoms with Gasteiger partial charge in [0, 0.05) is 0 Å². The van der Waals surface area contributed by atoms with E-state index >= 15 is 0 Å². The van der Waals surface area contributed by atoms with Gasteiger partial charge in [-0.05, 0) is 84.5 Å². The van der Waals surface area contributed by atoms with E-state index in [1.807, 2.05) is 26.0 Å². The summed E-state index contributed by atoms with van der Waals surface area (Å²) in [5.74, 6) is 1.43. The Balaban J connectivity index is 1.55. The van der Waals surface area contributed by atoms with E-state index in [2.05, 4.69) is 30.4 Å². The number of esters is 1. The zero-order valence-corrected chi connectivity index (χ0v) is 22.4. The van der Waals surface area contributed by atoms with Crippen molar-refractivity contribution in [2.45, 2.75) is 40.0 Å². The van der Waals surface area contributed by atoms with Gasteiger partial charge in [-0.2, -0.15) is 5.10 Å². The van der Waals surface area contributed by atoms with Crippen molar-refractivity contribution < 1.29 is 28.5 Å². The standard InChI is InChI=1S/C30H34N2O6/c1-6-15-36-25-12-10-23(11-13-25)30(34)38-26-14-8-22(16-28(26)35-5)18-31-32-29(33)19-37-27-17-24(20(2)3)9-7-21(27)4/h7-14,16-18,20H,6,15,19H2,1-5H3,(H,32,33)/b31-18-. The molecular weight excluding hydrogens is 484 g/mol. The van der Waals surface area contributed by atoms with Gasteiger partial charge < -0.3 is 18.9 Å². The van der Waals surface area contributed by atoms with Crippen LogP contribution in [-0.2, 0) is 4.79 Å². The van der Waals surface area contributed by atoms with Crippen LogP contribution in [0.3, 0.4) is 0 Å². The summed E-state index contributed by atoms with van der Waals surface area (Å²) in [6, 6.07) is 17.7. The highest BCUT2D eigenvalue weighted by Crippen LogP contribution is 2.29. The van der Waals surface area contributed by atoms with Gasteiger partial charge in [0.05, 0.1) is 25.5 Å². The number of nitrogens with one attached hydrogen (secondary N) is 1. The number of benzene rings is 3. The lowest BCUT2D eigenvalue weighted by molar-refractivity contribution is -0.123. The monoisotopic (exact) mass is 518 g/mol. The van der Waals surface area contributed by atoms with E-state index in [0.29, 0.717) is 40.9 Å². The van der Waals surface area contributed by atoms with E-state index in [-0.39, 0.29) is 18.3 Å². The number of ether oxygens (including phenoxy) is 4. The van der Waals surface area contributed by atoms with E-state index in [9.17, 15) is 9.59 Å². The molecule has 0 bridgehead atoms. The van der Waals surface area contributed by atoms with Crippen LogP contribution >= 0.6 is 0 Å². The lowest BCUT2D eigenvalue weighted by Gasteiger charge is -2.12. The van der Waals surface area contributed by atoms with Crippen molar-refractivity contribution >= 4 is 18.1 Å². The normalized spacial score (nSPS) is 10.9. The molecule has 0 saturated heterocycles. The number of hydrogen-bond acceptors (Lipinski definition) is 7. The largest absolute Gasteiger partial charge is 0.494 e. The molecule has 38 heavy (non-hydrogen) atoms. The molecule has 3 aromatic carbocycles. The molecule has 0 unspecified atom stereocenters. The fraction of sp³-hybridized carbons (Fsp3) is 0.300. The maximum absolute atomic E-state index is 12.6. The van der Waals surface area contributed by atoms with Crippen molar-refractivity contribution in [3.8, 4) is 23.0 Å². The molecule has 3 aromatic rings. The summed E-state index contributed by atoms with van der Waals surface area (Å²) in [4.78, 5) is 24.8. The van der Waals surface area contributed by atoms with Crippen LogP contribution in [0.4, 0.5) is 0 Å². The van der Waals surface area contributed by atoms with Gasteiger partial charge in [0.1, 0.15) is 11.5 Å². The Bertz CT molecular complexity index is 1270. The molecule has 0 spiro atoms. The van der Waals surface area contributed by atoms with Crippen LogP contribution in [-0.4, -0.2) is 38.4 Å². The minimum atomic E-state index is -0.520. The molecule has 200 valence electrons. The van der Waals surface area contributed by atoms with Crippen molar-refractivity contribution in [2.24, 2.45) is 5.10 Å². The van der Waals surface area contributed by atoms with Crippen molar-refractivity contribution in [3.05, 3.63) is 82.9 Å². The van der Waals surface area contributed by atoms with Crippen LogP contribution in [0, 0.1) is 6.92 Å². The first-order valence-electron chi connectivity index (χ1n) is 12.5. The number of hydrazone groups is 1. The highest BCUT2D eigenvalue weighted by Gasteiger charge is 2.13. The second-order valence-corrected chi connectivity index (χ2v) is 8.93. The van der Waals surface area contributed by atoms with Gasteiger partial charge in [0.15, 0.2) is 18.1 Å². The van der Waals surface area contributed by atoms with Crippen LogP contribution in [0.2, 0.25) is 0 Å². The summed E-state index contributed by atoms with van der Waals surface area (Å²) in [6.07, 6.45) is 2.37. The lowest BCUT2D eigenvalue weighted by atomic mass is 10.0. The maximum atomic E-state index is 12.6. The highest BCUT2D eigenvalue weighted by atomic mass is 16.6.